The third-order valence-electron chi connectivity index (χ3n) is 3.39. The third-order valence-corrected chi connectivity index (χ3v) is 3.39. The fourth-order valence-corrected chi connectivity index (χ4v) is 2.30. The lowest BCUT2D eigenvalue weighted by Gasteiger charge is -2.05. The van der Waals surface area contributed by atoms with Crippen LogP contribution in [0.3, 0.4) is 0 Å². The van der Waals surface area contributed by atoms with Crippen LogP contribution in [0.1, 0.15) is 21.8 Å². The van der Waals surface area contributed by atoms with E-state index in [1.807, 2.05) is 24.3 Å². The van der Waals surface area contributed by atoms with Crippen LogP contribution in [0.15, 0.2) is 52.9 Å². The van der Waals surface area contributed by atoms with Gasteiger partial charge >= 0.3 is 5.97 Å². The molecule has 3 rings (SSSR count). The zero-order chi connectivity index (χ0) is 16.2. The molecule has 1 N–H and O–H groups in total. The molecule has 0 amide bonds. The number of ether oxygens (including phenoxy) is 1. The minimum absolute atomic E-state index is 0.125. The summed E-state index contributed by atoms with van der Waals surface area (Å²) in [6.07, 6.45) is 0.409. The van der Waals surface area contributed by atoms with Gasteiger partial charge in [-0.2, -0.15) is 0 Å². The first kappa shape index (κ1) is 14.8. The predicted octanol–water partition coefficient (Wildman–Crippen LogP) is 3.03. The van der Waals surface area contributed by atoms with Crippen molar-refractivity contribution in [1.82, 2.24) is 10.2 Å². The molecule has 0 saturated carbocycles. The summed E-state index contributed by atoms with van der Waals surface area (Å²) in [4.78, 5) is 11.3. The van der Waals surface area contributed by atoms with Crippen molar-refractivity contribution in [3.05, 3.63) is 65.5 Å². The first-order valence-electron chi connectivity index (χ1n) is 6.96. The molecule has 6 heteroatoms. The van der Waals surface area contributed by atoms with Gasteiger partial charge in [-0.25, -0.2) is 4.79 Å². The van der Waals surface area contributed by atoms with E-state index in [0.717, 1.165) is 11.3 Å². The molecular weight excluding hydrogens is 296 g/mol. The van der Waals surface area contributed by atoms with Gasteiger partial charge in [0.25, 0.3) is 0 Å². The summed E-state index contributed by atoms with van der Waals surface area (Å²) in [5.74, 6) is 0.279. The van der Waals surface area contributed by atoms with Crippen molar-refractivity contribution in [1.29, 1.82) is 0 Å². The maximum atomic E-state index is 11.3. The number of aromatic carboxylic acids is 1. The van der Waals surface area contributed by atoms with Crippen molar-refractivity contribution < 1.29 is 19.1 Å². The van der Waals surface area contributed by atoms with Gasteiger partial charge in [0, 0.05) is 5.56 Å². The van der Waals surface area contributed by atoms with Crippen LogP contribution in [-0.4, -0.2) is 28.4 Å². The summed E-state index contributed by atoms with van der Waals surface area (Å²) < 4.78 is 10.9. The number of carboxylic acid groups (broad SMARTS) is 1. The average Bonchev–Trinajstić information content (AvgIpc) is 3.03. The standard InChI is InChI=1S/C17H14N2O4/c1-22-14-9-5-2-6-11(14)10-15-18-19-16(23-15)12-7-3-4-8-13(12)17(20)21/h2-9H,10H2,1H3,(H,20,21). The molecule has 0 saturated heterocycles. The van der Waals surface area contributed by atoms with E-state index in [0.29, 0.717) is 17.9 Å². The number of para-hydroxylation sites is 1. The van der Waals surface area contributed by atoms with Crippen LogP contribution in [0.25, 0.3) is 11.5 Å². The van der Waals surface area contributed by atoms with Crippen LogP contribution in [0.4, 0.5) is 0 Å². The Labute approximate surface area is 132 Å². The van der Waals surface area contributed by atoms with Gasteiger partial charge in [-0.05, 0) is 18.2 Å². The maximum Gasteiger partial charge on any atom is 0.336 e. The molecule has 0 aliphatic heterocycles. The molecule has 0 aliphatic rings. The zero-order valence-electron chi connectivity index (χ0n) is 12.4. The van der Waals surface area contributed by atoms with Gasteiger partial charge < -0.3 is 14.3 Å². The highest BCUT2D eigenvalue weighted by Gasteiger charge is 2.17. The highest BCUT2D eigenvalue weighted by molar-refractivity contribution is 5.94. The number of nitrogens with zero attached hydrogens (tertiary/aromatic N) is 2. The van der Waals surface area contributed by atoms with E-state index in [-0.39, 0.29) is 11.5 Å². The minimum Gasteiger partial charge on any atom is -0.496 e. The van der Waals surface area contributed by atoms with Gasteiger partial charge in [0.2, 0.25) is 11.8 Å². The molecule has 0 aliphatic carbocycles. The number of carboxylic acids is 1. The molecule has 23 heavy (non-hydrogen) atoms. The number of carbonyl (C=O) groups is 1. The van der Waals surface area contributed by atoms with Crippen molar-refractivity contribution in [3.8, 4) is 17.2 Å². The summed E-state index contributed by atoms with van der Waals surface area (Å²) in [5, 5.41) is 17.2. The van der Waals surface area contributed by atoms with Crippen molar-refractivity contribution in [2.24, 2.45) is 0 Å². The van der Waals surface area contributed by atoms with E-state index in [9.17, 15) is 9.90 Å². The predicted molar refractivity (Wildman–Crippen MR) is 82.5 cm³/mol. The van der Waals surface area contributed by atoms with Gasteiger partial charge in [-0.15, -0.1) is 10.2 Å². The Bertz CT molecular complexity index is 842. The first-order valence-corrected chi connectivity index (χ1v) is 6.96. The highest BCUT2D eigenvalue weighted by atomic mass is 16.5. The minimum atomic E-state index is -1.04. The van der Waals surface area contributed by atoms with Crippen LogP contribution in [-0.2, 0) is 6.42 Å². The third kappa shape index (κ3) is 3.06. The Kier molecular flexibility index (Phi) is 4.05. The van der Waals surface area contributed by atoms with Crippen LogP contribution in [0, 0.1) is 0 Å². The number of hydrogen-bond donors (Lipinski definition) is 1. The second-order valence-corrected chi connectivity index (χ2v) is 4.84. The van der Waals surface area contributed by atoms with Gasteiger partial charge in [-0.3, -0.25) is 0 Å². The Balaban J connectivity index is 1.91. The largest absolute Gasteiger partial charge is 0.496 e. The molecule has 2 aromatic carbocycles. The molecule has 1 aromatic heterocycles. The van der Waals surface area contributed by atoms with Crippen LogP contribution >= 0.6 is 0 Å². The Morgan fingerprint density at radius 3 is 2.65 bits per heavy atom. The summed E-state index contributed by atoms with van der Waals surface area (Å²) in [5.41, 5.74) is 1.44. The molecule has 0 unspecified atom stereocenters. The molecule has 0 atom stereocenters. The van der Waals surface area contributed by atoms with E-state index in [2.05, 4.69) is 10.2 Å². The number of rotatable bonds is 5. The second-order valence-electron chi connectivity index (χ2n) is 4.84. The number of aromatic nitrogens is 2. The van der Waals surface area contributed by atoms with E-state index >= 15 is 0 Å². The lowest BCUT2D eigenvalue weighted by molar-refractivity contribution is 0.0697. The highest BCUT2D eigenvalue weighted by Crippen LogP contribution is 2.25. The van der Waals surface area contributed by atoms with E-state index in [1.165, 1.54) is 6.07 Å². The summed E-state index contributed by atoms with van der Waals surface area (Å²) in [6, 6.07) is 14.1. The van der Waals surface area contributed by atoms with Crippen LogP contribution in [0.2, 0.25) is 0 Å². The topological polar surface area (TPSA) is 85.5 Å². The van der Waals surface area contributed by atoms with Crippen molar-refractivity contribution in [3.63, 3.8) is 0 Å². The SMILES string of the molecule is COc1ccccc1Cc1nnc(-c2ccccc2C(=O)O)o1. The van der Waals surface area contributed by atoms with Crippen LogP contribution in [0.5, 0.6) is 5.75 Å². The monoisotopic (exact) mass is 310 g/mol. The Morgan fingerprint density at radius 2 is 1.87 bits per heavy atom. The van der Waals surface area contributed by atoms with Crippen molar-refractivity contribution in [2.75, 3.05) is 7.11 Å². The Hall–Kier alpha value is -3.15. The van der Waals surface area contributed by atoms with Crippen LogP contribution < -0.4 is 4.74 Å². The second kappa shape index (κ2) is 6.31. The first-order chi connectivity index (χ1) is 11.2. The van der Waals surface area contributed by atoms with Gasteiger partial charge in [-0.1, -0.05) is 30.3 Å². The fraction of sp³-hybridized carbons (Fsp3) is 0.118. The number of benzene rings is 2. The normalized spacial score (nSPS) is 10.5. The van der Waals surface area contributed by atoms with E-state index < -0.39 is 5.97 Å². The zero-order valence-corrected chi connectivity index (χ0v) is 12.4. The molecule has 116 valence electrons. The average molecular weight is 310 g/mol. The molecular formula is C17H14N2O4. The molecule has 6 nitrogen and oxygen atoms in total. The van der Waals surface area contributed by atoms with Crippen molar-refractivity contribution >= 4 is 5.97 Å². The molecule has 0 spiro atoms. The summed E-state index contributed by atoms with van der Waals surface area (Å²) >= 11 is 0. The molecule has 1 heterocycles. The molecule has 3 aromatic rings. The quantitative estimate of drug-likeness (QED) is 0.779. The van der Waals surface area contributed by atoms with E-state index in [1.54, 1.807) is 25.3 Å². The molecule has 0 fully saturated rings. The Morgan fingerprint density at radius 1 is 1.13 bits per heavy atom. The maximum absolute atomic E-state index is 11.3. The smallest absolute Gasteiger partial charge is 0.336 e. The van der Waals surface area contributed by atoms with Gasteiger partial charge in [0.15, 0.2) is 0 Å². The number of hydrogen-bond acceptors (Lipinski definition) is 5. The summed E-state index contributed by atoms with van der Waals surface area (Å²) in [6.45, 7) is 0. The molecule has 0 radical (unpaired) electrons. The lowest BCUT2D eigenvalue weighted by Crippen LogP contribution is -1.99. The van der Waals surface area contributed by atoms with E-state index in [4.69, 9.17) is 9.15 Å². The summed E-state index contributed by atoms with van der Waals surface area (Å²) in [7, 11) is 1.60. The van der Waals surface area contributed by atoms with Crippen molar-refractivity contribution in [2.45, 2.75) is 6.42 Å². The van der Waals surface area contributed by atoms with Gasteiger partial charge in [0.1, 0.15) is 5.75 Å². The fourth-order valence-electron chi connectivity index (χ4n) is 2.30. The molecule has 0 bridgehead atoms. The number of methoxy groups -OCH3 is 1. The lowest BCUT2D eigenvalue weighted by atomic mass is 10.1. The van der Waals surface area contributed by atoms with Gasteiger partial charge in [0.05, 0.1) is 24.7 Å².